The van der Waals surface area contributed by atoms with Crippen molar-refractivity contribution in [3.63, 3.8) is 0 Å². The maximum atomic E-state index is 10.6. The highest BCUT2D eigenvalue weighted by atomic mass is 32.2. The zero-order valence-electron chi connectivity index (χ0n) is 11.6. The van der Waals surface area contributed by atoms with Gasteiger partial charge in [0.05, 0.1) is 30.4 Å². The van der Waals surface area contributed by atoms with E-state index in [4.69, 9.17) is 5.14 Å². The van der Waals surface area contributed by atoms with E-state index in [2.05, 4.69) is 33.8 Å². The SMILES string of the molecule is NSN1CCC(C2c3ccccc3-c3cncn32)C(O)C1. The molecule has 3 atom stereocenters. The summed E-state index contributed by atoms with van der Waals surface area (Å²) in [7, 11) is 0. The Bertz CT molecular complexity index is 659. The highest BCUT2D eigenvalue weighted by molar-refractivity contribution is 7.94. The second kappa shape index (κ2) is 5.14. The van der Waals surface area contributed by atoms with Crippen molar-refractivity contribution in [2.75, 3.05) is 13.1 Å². The Morgan fingerprint density at radius 1 is 1.33 bits per heavy atom. The Morgan fingerprint density at radius 3 is 3.00 bits per heavy atom. The molecule has 6 heteroatoms. The van der Waals surface area contributed by atoms with Gasteiger partial charge in [-0.15, -0.1) is 0 Å². The number of benzene rings is 1. The first-order valence-electron chi connectivity index (χ1n) is 7.20. The molecular weight excluding hydrogens is 284 g/mol. The highest BCUT2D eigenvalue weighted by Crippen LogP contribution is 2.45. The lowest BCUT2D eigenvalue weighted by Gasteiger charge is -2.38. The Hall–Kier alpha value is -1.34. The molecule has 2 aromatic rings. The zero-order chi connectivity index (χ0) is 14.4. The van der Waals surface area contributed by atoms with Crippen molar-refractivity contribution in [1.29, 1.82) is 0 Å². The van der Waals surface area contributed by atoms with Gasteiger partial charge in [-0.1, -0.05) is 24.3 Å². The van der Waals surface area contributed by atoms with Gasteiger partial charge in [-0.05, 0) is 12.0 Å². The second-order valence-electron chi connectivity index (χ2n) is 5.73. The lowest BCUT2D eigenvalue weighted by atomic mass is 9.84. The third kappa shape index (κ3) is 2.02. The first kappa shape index (κ1) is 13.3. The van der Waals surface area contributed by atoms with Crippen LogP contribution >= 0.6 is 12.1 Å². The van der Waals surface area contributed by atoms with Crippen LogP contribution in [0.1, 0.15) is 18.0 Å². The molecule has 2 aliphatic rings. The summed E-state index contributed by atoms with van der Waals surface area (Å²) in [6.07, 6.45) is 4.36. The fraction of sp³-hybridized carbons (Fsp3) is 0.400. The lowest BCUT2D eigenvalue weighted by molar-refractivity contribution is 0.0374. The van der Waals surface area contributed by atoms with Crippen LogP contribution in [-0.2, 0) is 0 Å². The molecule has 110 valence electrons. The minimum Gasteiger partial charge on any atom is -0.391 e. The van der Waals surface area contributed by atoms with Gasteiger partial charge in [0.2, 0.25) is 0 Å². The van der Waals surface area contributed by atoms with E-state index >= 15 is 0 Å². The van der Waals surface area contributed by atoms with Crippen molar-refractivity contribution in [3.8, 4) is 11.3 Å². The van der Waals surface area contributed by atoms with Crippen LogP contribution < -0.4 is 5.14 Å². The Morgan fingerprint density at radius 2 is 2.19 bits per heavy atom. The molecule has 5 nitrogen and oxygen atoms in total. The van der Waals surface area contributed by atoms with Crippen LogP contribution in [-0.4, -0.2) is 38.2 Å². The van der Waals surface area contributed by atoms with Gasteiger partial charge in [-0.2, -0.15) is 0 Å². The molecule has 1 fully saturated rings. The summed E-state index contributed by atoms with van der Waals surface area (Å²) in [5.74, 6) is 0.199. The molecule has 0 aliphatic carbocycles. The summed E-state index contributed by atoms with van der Waals surface area (Å²) in [4.78, 5) is 4.29. The molecular formula is C15H18N4OS. The molecule has 1 saturated heterocycles. The molecule has 0 amide bonds. The smallest absolute Gasteiger partial charge is 0.0956 e. The number of imidazole rings is 1. The maximum Gasteiger partial charge on any atom is 0.0956 e. The summed E-state index contributed by atoms with van der Waals surface area (Å²) in [6.45, 7) is 1.53. The number of nitrogens with zero attached hydrogens (tertiary/aromatic N) is 3. The van der Waals surface area contributed by atoms with Crippen molar-refractivity contribution < 1.29 is 5.11 Å². The average Bonchev–Trinajstić information content (AvgIpc) is 3.08. The molecule has 0 spiro atoms. The van der Waals surface area contributed by atoms with Gasteiger partial charge < -0.3 is 9.67 Å². The minimum atomic E-state index is -0.374. The van der Waals surface area contributed by atoms with E-state index in [0.717, 1.165) is 18.7 Å². The molecule has 3 N–H and O–H groups in total. The van der Waals surface area contributed by atoms with E-state index < -0.39 is 0 Å². The van der Waals surface area contributed by atoms with E-state index in [9.17, 15) is 5.11 Å². The van der Waals surface area contributed by atoms with E-state index in [-0.39, 0.29) is 18.1 Å². The molecule has 0 bridgehead atoms. The quantitative estimate of drug-likeness (QED) is 0.826. The maximum absolute atomic E-state index is 10.6. The second-order valence-corrected chi connectivity index (χ2v) is 6.46. The van der Waals surface area contributed by atoms with Gasteiger partial charge in [0, 0.05) is 36.7 Å². The first-order valence-corrected chi connectivity index (χ1v) is 8.04. The molecule has 3 heterocycles. The number of β-amino-alcohol motifs (C(OH)–C–C–N with tert-alkyl or cyclic N) is 1. The number of hydrogen-bond donors (Lipinski definition) is 2. The van der Waals surface area contributed by atoms with Crippen molar-refractivity contribution in [2.24, 2.45) is 11.1 Å². The number of rotatable bonds is 2. The van der Waals surface area contributed by atoms with E-state index in [1.165, 1.54) is 23.3 Å². The van der Waals surface area contributed by atoms with Crippen LogP contribution in [0.3, 0.4) is 0 Å². The van der Waals surface area contributed by atoms with Crippen molar-refractivity contribution >= 4 is 12.1 Å². The molecule has 1 aromatic heterocycles. The van der Waals surface area contributed by atoms with Gasteiger partial charge in [0.1, 0.15) is 0 Å². The predicted octanol–water partition coefficient (Wildman–Crippen LogP) is 1.66. The van der Waals surface area contributed by atoms with Crippen LogP contribution in [0.2, 0.25) is 0 Å². The van der Waals surface area contributed by atoms with E-state index in [0.29, 0.717) is 6.54 Å². The van der Waals surface area contributed by atoms with Crippen molar-refractivity contribution in [1.82, 2.24) is 13.9 Å². The van der Waals surface area contributed by atoms with Crippen LogP contribution in [0, 0.1) is 5.92 Å². The van der Waals surface area contributed by atoms with Gasteiger partial charge in [-0.3, -0.25) is 5.14 Å². The Kier molecular flexibility index (Phi) is 3.26. The third-order valence-corrected chi connectivity index (χ3v) is 5.30. The van der Waals surface area contributed by atoms with Gasteiger partial charge in [-0.25, -0.2) is 9.29 Å². The topological polar surface area (TPSA) is 67.3 Å². The Balaban J connectivity index is 1.73. The van der Waals surface area contributed by atoms with E-state index in [1.54, 1.807) is 0 Å². The predicted molar refractivity (Wildman–Crippen MR) is 83.3 cm³/mol. The number of aliphatic hydroxyl groups is 1. The molecule has 21 heavy (non-hydrogen) atoms. The minimum absolute atomic E-state index is 0.179. The number of aromatic nitrogens is 2. The average molecular weight is 302 g/mol. The lowest BCUT2D eigenvalue weighted by Crippen LogP contribution is -2.44. The van der Waals surface area contributed by atoms with E-state index in [1.807, 2.05) is 16.8 Å². The number of aliphatic hydroxyl groups excluding tert-OH is 1. The van der Waals surface area contributed by atoms with Gasteiger partial charge >= 0.3 is 0 Å². The molecule has 0 radical (unpaired) electrons. The number of nitrogens with two attached hydrogens (primary N) is 1. The first-order chi connectivity index (χ1) is 10.3. The highest BCUT2D eigenvalue weighted by Gasteiger charge is 2.40. The summed E-state index contributed by atoms with van der Waals surface area (Å²) in [6, 6.07) is 8.62. The summed E-state index contributed by atoms with van der Waals surface area (Å²) < 4.78 is 4.24. The third-order valence-electron chi connectivity index (χ3n) is 4.67. The number of piperidine rings is 1. The molecule has 0 saturated carbocycles. The Labute approximate surface area is 128 Å². The molecule has 2 aliphatic heterocycles. The summed E-state index contributed by atoms with van der Waals surface area (Å²) in [5, 5.41) is 16.2. The van der Waals surface area contributed by atoms with Crippen LogP contribution in [0.25, 0.3) is 11.3 Å². The fourth-order valence-electron chi connectivity index (χ4n) is 3.69. The normalized spacial score (nSPS) is 28.4. The van der Waals surface area contributed by atoms with Crippen molar-refractivity contribution in [2.45, 2.75) is 18.6 Å². The number of hydrogen-bond acceptors (Lipinski definition) is 5. The molecule has 4 rings (SSSR count). The van der Waals surface area contributed by atoms with Crippen LogP contribution in [0.4, 0.5) is 0 Å². The van der Waals surface area contributed by atoms with Crippen LogP contribution in [0.5, 0.6) is 0 Å². The molecule has 1 aromatic carbocycles. The fourth-order valence-corrected chi connectivity index (χ4v) is 4.14. The molecule has 3 unspecified atom stereocenters. The monoisotopic (exact) mass is 302 g/mol. The summed E-state index contributed by atoms with van der Waals surface area (Å²) in [5.41, 5.74) is 3.69. The van der Waals surface area contributed by atoms with Crippen molar-refractivity contribution in [3.05, 3.63) is 42.4 Å². The van der Waals surface area contributed by atoms with Gasteiger partial charge in [0.15, 0.2) is 0 Å². The number of fused-ring (bicyclic) bond motifs is 3. The van der Waals surface area contributed by atoms with Crippen LogP contribution in [0.15, 0.2) is 36.8 Å². The standard InChI is InChI=1S/C15H18N4OS/c16-21-18-6-5-12(14(20)8-18)15-11-4-2-1-3-10(11)13-7-17-9-19(13)15/h1-4,7,9,12,14-15,20H,5-6,8,16H2. The summed E-state index contributed by atoms with van der Waals surface area (Å²) >= 11 is 1.22. The largest absolute Gasteiger partial charge is 0.391 e. The van der Waals surface area contributed by atoms with Gasteiger partial charge in [0.25, 0.3) is 0 Å². The zero-order valence-corrected chi connectivity index (χ0v) is 12.4.